The lowest BCUT2D eigenvalue weighted by Crippen LogP contribution is -2.26. The number of nitrogens with one attached hydrogen (secondary N) is 2. The molecule has 2 aromatic rings. The average molecular weight is 368 g/mol. The van der Waals surface area contributed by atoms with Crippen molar-refractivity contribution in [2.24, 2.45) is 0 Å². The molecule has 0 unspecified atom stereocenters. The zero-order valence-corrected chi connectivity index (χ0v) is 15.4. The van der Waals surface area contributed by atoms with E-state index in [1.54, 1.807) is 18.2 Å². The monoisotopic (exact) mass is 368 g/mol. The van der Waals surface area contributed by atoms with E-state index in [4.69, 9.17) is 0 Å². The molecule has 3 rings (SSSR count). The van der Waals surface area contributed by atoms with Crippen LogP contribution in [0, 0.1) is 5.82 Å². The molecule has 0 saturated heterocycles. The number of halogens is 1. The fourth-order valence-electron chi connectivity index (χ4n) is 3.12. The van der Waals surface area contributed by atoms with Crippen molar-refractivity contribution in [1.82, 2.24) is 15.3 Å². The molecule has 1 aromatic carbocycles. The SMILES string of the molecule is O=C(NCCc1ccc(F)cc1)c1cc(NCCC2=CCCCC2)ncn1. The van der Waals surface area contributed by atoms with E-state index in [0.29, 0.717) is 24.5 Å². The van der Waals surface area contributed by atoms with Gasteiger partial charge in [0.2, 0.25) is 0 Å². The topological polar surface area (TPSA) is 66.9 Å². The Kier molecular flexibility index (Phi) is 6.90. The second-order valence-electron chi connectivity index (χ2n) is 6.71. The van der Waals surface area contributed by atoms with Crippen molar-refractivity contribution in [2.45, 2.75) is 38.5 Å². The Morgan fingerprint density at radius 1 is 1.07 bits per heavy atom. The minimum atomic E-state index is -0.261. The second kappa shape index (κ2) is 9.80. The van der Waals surface area contributed by atoms with Gasteiger partial charge in [-0.15, -0.1) is 0 Å². The molecule has 0 spiro atoms. The number of hydrogen-bond donors (Lipinski definition) is 2. The molecule has 5 nitrogen and oxygen atoms in total. The van der Waals surface area contributed by atoms with Gasteiger partial charge >= 0.3 is 0 Å². The van der Waals surface area contributed by atoms with Crippen molar-refractivity contribution in [3.8, 4) is 0 Å². The normalized spacial score (nSPS) is 13.7. The van der Waals surface area contributed by atoms with Crippen LogP contribution in [0.25, 0.3) is 0 Å². The third-order valence-electron chi connectivity index (χ3n) is 4.65. The lowest BCUT2D eigenvalue weighted by atomic mass is 9.97. The summed E-state index contributed by atoms with van der Waals surface area (Å²) in [5.74, 6) is 0.159. The number of benzene rings is 1. The van der Waals surface area contributed by atoms with Crippen LogP contribution >= 0.6 is 0 Å². The molecule has 1 amide bonds. The number of aromatic nitrogens is 2. The molecule has 27 heavy (non-hydrogen) atoms. The standard InChI is InChI=1S/C21H25FN4O/c22-18-8-6-17(7-9-18)11-13-24-21(27)19-14-20(26-15-25-19)23-12-10-16-4-2-1-3-5-16/h4,6-9,14-15H,1-3,5,10-13H2,(H,24,27)(H,23,25,26). The summed E-state index contributed by atoms with van der Waals surface area (Å²) in [6, 6.07) is 7.94. The number of allylic oxidation sites excluding steroid dienone is 1. The van der Waals surface area contributed by atoms with Gasteiger partial charge in [0, 0.05) is 19.2 Å². The number of amides is 1. The zero-order chi connectivity index (χ0) is 18.9. The first-order valence-electron chi connectivity index (χ1n) is 9.47. The highest BCUT2D eigenvalue weighted by Crippen LogP contribution is 2.19. The molecule has 2 N–H and O–H groups in total. The van der Waals surface area contributed by atoms with Crippen LogP contribution in [-0.4, -0.2) is 29.0 Å². The van der Waals surface area contributed by atoms with Gasteiger partial charge in [-0.05, 0) is 56.2 Å². The first kappa shape index (κ1) is 19.0. The maximum absolute atomic E-state index is 12.9. The van der Waals surface area contributed by atoms with Crippen LogP contribution in [0.3, 0.4) is 0 Å². The number of carbonyl (C=O) groups is 1. The molecule has 1 aliphatic carbocycles. The Morgan fingerprint density at radius 2 is 1.93 bits per heavy atom. The Morgan fingerprint density at radius 3 is 2.70 bits per heavy atom. The van der Waals surface area contributed by atoms with Crippen LogP contribution in [0.2, 0.25) is 0 Å². The third kappa shape index (κ3) is 6.16. The molecule has 1 aromatic heterocycles. The van der Waals surface area contributed by atoms with Crippen LogP contribution in [-0.2, 0) is 6.42 Å². The number of hydrogen-bond acceptors (Lipinski definition) is 4. The molecule has 0 atom stereocenters. The molecule has 1 aliphatic rings. The van der Waals surface area contributed by atoms with E-state index in [9.17, 15) is 9.18 Å². The van der Waals surface area contributed by atoms with Gasteiger partial charge in [-0.1, -0.05) is 23.8 Å². The van der Waals surface area contributed by atoms with Crippen LogP contribution in [0.15, 0.2) is 48.3 Å². The number of carbonyl (C=O) groups excluding carboxylic acids is 1. The summed E-state index contributed by atoms with van der Waals surface area (Å²) in [4.78, 5) is 20.5. The Balaban J connectivity index is 1.44. The molecule has 6 heteroatoms. The smallest absolute Gasteiger partial charge is 0.270 e. The van der Waals surface area contributed by atoms with Crippen molar-refractivity contribution in [3.63, 3.8) is 0 Å². The highest BCUT2D eigenvalue weighted by atomic mass is 19.1. The second-order valence-corrected chi connectivity index (χ2v) is 6.71. The summed E-state index contributed by atoms with van der Waals surface area (Å²) >= 11 is 0. The molecule has 0 bridgehead atoms. The number of rotatable bonds is 8. The maximum Gasteiger partial charge on any atom is 0.270 e. The van der Waals surface area contributed by atoms with Crippen molar-refractivity contribution in [3.05, 3.63) is 65.4 Å². The predicted molar refractivity (Wildman–Crippen MR) is 104 cm³/mol. The van der Waals surface area contributed by atoms with Gasteiger partial charge in [-0.2, -0.15) is 0 Å². The lowest BCUT2D eigenvalue weighted by Gasteiger charge is -2.13. The molecule has 0 radical (unpaired) electrons. The van der Waals surface area contributed by atoms with Crippen molar-refractivity contribution in [2.75, 3.05) is 18.4 Å². The van der Waals surface area contributed by atoms with Gasteiger partial charge in [-0.3, -0.25) is 4.79 Å². The van der Waals surface area contributed by atoms with Crippen LogP contribution in [0.1, 0.15) is 48.2 Å². The van der Waals surface area contributed by atoms with E-state index in [0.717, 1.165) is 18.5 Å². The number of anilines is 1. The van der Waals surface area contributed by atoms with E-state index >= 15 is 0 Å². The molecule has 0 aliphatic heterocycles. The van der Waals surface area contributed by atoms with E-state index in [2.05, 4.69) is 26.7 Å². The average Bonchev–Trinajstić information content (AvgIpc) is 2.70. The fraction of sp³-hybridized carbons (Fsp3) is 0.381. The molecule has 0 saturated carbocycles. The Bertz CT molecular complexity index is 789. The maximum atomic E-state index is 12.9. The predicted octanol–water partition coefficient (Wildman–Crippen LogP) is 3.89. The highest BCUT2D eigenvalue weighted by molar-refractivity contribution is 5.92. The third-order valence-corrected chi connectivity index (χ3v) is 4.65. The van der Waals surface area contributed by atoms with Gasteiger partial charge in [0.1, 0.15) is 23.7 Å². The summed E-state index contributed by atoms with van der Waals surface area (Å²) in [6.07, 6.45) is 10.3. The van der Waals surface area contributed by atoms with Gasteiger partial charge < -0.3 is 10.6 Å². The van der Waals surface area contributed by atoms with Crippen LogP contribution < -0.4 is 10.6 Å². The molecule has 0 fully saturated rings. The highest BCUT2D eigenvalue weighted by Gasteiger charge is 2.09. The van der Waals surface area contributed by atoms with Crippen molar-refractivity contribution >= 4 is 11.7 Å². The van der Waals surface area contributed by atoms with Crippen LogP contribution in [0.5, 0.6) is 0 Å². The van der Waals surface area contributed by atoms with E-state index < -0.39 is 0 Å². The van der Waals surface area contributed by atoms with Gasteiger partial charge in [-0.25, -0.2) is 14.4 Å². The first-order valence-corrected chi connectivity index (χ1v) is 9.47. The summed E-state index contributed by atoms with van der Waals surface area (Å²) in [7, 11) is 0. The van der Waals surface area contributed by atoms with Crippen molar-refractivity contribution < 1.29 is 9.18 Å². The van der Waals surface area contributed by atoms with E-state index in [1.807, 2.05) is 0 Å². The van der Waals surface area contributed by atoms with Gasteiger partial charge in [0.15, 0.2) is 0 Å². The summed E-state index contributed by atoms with van der Waals surface area (Å²) < 4.78 is 12.9. The van der Waals surface area contributed by atoms with Crippen molar-refractivity contribution in [1.29, 1.82) is 0 Å². The minimum Gasteiger partial charge on any atom is -0.370 e. The largest absolute Gasteiger partial charge is 0.370 e. The number of nitrogens with zero attached hydrogens (tertiary/aromatic N) is 2. The summed E-state index contributed by atoms with van der Waals surface area (Å²) in [5, 5.41) is 6.10. The van der Waals surface area contributed by atoms with Crippen LogP contribution in [0.4, 0.5) is 10.2 Å². The zero-order valence-electron chi connectivity index (χ0n) is 15.4. The summed E-state index contributed by atoms with van der Waals surface area (Å²) in [5.41, 5.74) is 2.81. The van der Waals surface area contributed by atoms with E-state index in [1.165, 1.54) is 49.7 Å². The molecular formula is C21H25FN4O. The Labute approximate surface area is 159 Å². The minimum absolute atomic E-state index is 0.238. The Hall–Kier alpha value is -2.76. The molecule has 1 heterocycles. The molecular weight excluding hydrogens is 343 g/mol. The first-order chi connectivity index (χ1) is 13.2. The van der Waals surface area contributed by atoms with Gasteiger partial charge in [0.05, 0.1) is 0 Å². The quantitative estimate of drug-likeness (QED) is 0.694. The molecule has 142 valence electrons. The fourth-order valence-corrected chi connectivity index (χ4v) is 3.12. The van der Waals surface area contributed by atoms with Gasteiger partial charge in [0.25, 0.3) is 5.91 Å². The lowest BCUT2D eigenvalue weighted by molar-refractivity contribution is 0.0949. The van der Waals surface area contributed by atoms with E-state index in [-0.39, 0.29) is 11.7 Å². The summed E-state index contributed by atoms with van der Waals surface area (Å²) in [6.45, 7) is 1.26.